The fourth-order valence-corrected chi connectivity index (χ4v) is 2.88. The highest BCUT2D eigenvalue weighted by Gasteiger charge is 2.29. The van der Waals surface area contributed by atoms with Crippen molar-refractivity contribution in [1.82, 2.24) is 9.80 Å². The molecule has 0 aromatic rings. The molecule has 2 fully saturated rings. The Bertz CT molecular complexity index is 183. The van der Waals surface area contributed by atoms with Crippen LogP contribution < -0.4 is 5.73 Å². The summed E-state index contributed by atoms with van der Waals surface area (Å²) in [6.07, 6.45) is 3.97. The normalized spacial score (nSPS) is 36.4. The minimum absolute atomic E-state index is 0.780. The molecular formula is C11H23N3. The molecular weight excluding hydrogens is 174 g/mol. The summed E-state index contributed by atoms with van der Waals surface area (Å²) in [5.41, 5.74) is 5.77. The number of nitrogens with two attached hydrogens (primary N) is 1. The first kappa shape index (κ1) is 10.4. The molecule has 2 unspecified atom stereocenters. The van der Waals surface area contributed by atoms with Crippen LogP contribution in [0.1, 0.15) is 19.3 Å². The van der Waals surface area contributed by atoms with E-state index in [-0.39, 0.29) is 0 Å². The molecule has 3 heteroatoms. The van der Waals surface area contributed by atoms with Crippen LogP contribution in [0, 0.1) is 5.92 Å². The zero-order valence-corrected chi connectivity index (χ0v) is 9.28. The maximum atomic E-state index is 5.77. The lowest BCUT2D eigenvalue weighted by Crippen LogP contribution is -2.47. The number of piperidine rings is 1. The molecule has 2 aliphatic heterocycles. The predicted octanol–water partition coefficient (Wildman–Crippen LogP) is 0.361. The molecule has 0 radical (unpaired) electrons. The first-order chi connectivity index (χ1) is 6.79. The van der Waals surface area contributed by atoms with Crippen LogP contribution in [0.5, 0.6) is 0 Å². The summed E-state index contributed by atoms with van der Waals surface area (Å²) in [5, 5.41) is 0. The molecule has 2 heterocycles. The topological polar surface area (TPSA) is 32.5 Å². The summed E-state index contributed by atoms with van der Waals surface area (Å²) < 4.78 is 0. The molecule has 0 aromatic carbocycles. The average Bonchev–Trinajstić information content (AvgIpc) is 2.37. The highest BCUT2D eigenvalue weighted by molar-refractivity contribution is 4.85. The Morgan fingerprint density at radius 1 is 1.29 bits per heavy atom. The van der Waals surface area contributed by atoms with Gasteiger partial charge in [-0.1, -0.05) is 0 Å². The molecule has 3 nitrogen and oxygen atoms in total. The van der Waals surface area contributed by atoms with Gasteiger partial charge in [-0.25, -0.2) is 0 Å². The lowest BCUT2D eigenvalue weighted by molar-refractivity contribution is 0.111. The molecule has 2 N–H and O–H groups in total. The Labute approximate surface area is 87.2 Å². The number of fused-ring (bicyclic) bond motifs is 1. The SMILES string of the molecule is CN1CCCN2CCC(CN)CC2C1. The van der Waals surface area contributed by atoms with Crippen molar-refractivity contribution in [3.63, 3.8) is 0 Å². The molecule has 2 rings (SSSR count). The minimum Gasteiger partial charge on any atom is -0.330 e. The van der Waals surface area contributed by atoms with E-state index in [0.717, 1.165) is 18.5 Å². The van der Waals surface area contributed by atoms with Crippen molar-refractivity contribution in [2.45, 2.75) is 25.3 Å². The van der Waals surface area contributed by atoms with Crippen molar-refractivity contribution in [3.05, 3.63) is 0 Å². The van der Waals surface area contributed by atoms with Crippen LogP contribution in [-0.4, -0.2) is 55.6 Å². The second-order valence-corrected chi connectivity index (χ2v) is 4.93. The molecule has 0 spiro atoms. The van der Waals surface area contributed by atoms with Gasteiger partial charge >= 0.3 is 0 Å². The summed E-state index contributed by atoms with van der Waals surface area (Å²) in [6.45, 7) is 5.97. The van der Waals surface area contributed by atoms with Crippen molar-refractivity contribution < 1.29 is 0 Å². The minimum atomic E-state index is 0.780. The molecule has 2 aliphatic rings. The van der Waals surface area contributed by atoms with Crippen molar-refractivity contribution >= 4 is 0 Å². The summed E-state index contributed by atoms with van der Waals surface area (Å²) in [4.78, 5) is 5.15. The highest BCUT2D eigenvalue weighted by Crippen LogP contribution is 2.24. The number of likely N-dealkylation sites (N-methyl/N-ethyl adjacent to an activating group) is 1. The Kier molecular flexibility index (Phi) is 3.42. The second-order valence-electron chi connectivity index (χ2n) is 4.93. The first-order valence-electron chi connectivity index (χ1n) is 5.92. The van der Waals surface area contributed by atoms with E-state index in [1.165, 1.54) is 45.4 Å². The van der Waals surface area contributed by atoms with Crippen LogP contribution in [0.25, 0.3) is 0 Å². The quantitative estimate of drug-likeness (QED) is 0.659. The number of hydrogen-bond acceptors (Lipinski definition) is 3. The van der Waals surface area contributed by atoms with Gasteiger partial charge in [0, 0.05) is 12.6 Å². The van der Waals surface area contributed by atoms with Gasteiger partial charge in [0.25, 0.3) is 0 Å². The predicted molar refractivity (Wildman–Crippen MR) is 59.3 cm³/mol. The van der Waals surface area contributed by atoms with Gasteiger partial charge in [0.1, 0.15) is 0 Å². The van der Waals surface area contributed by atoms with E-state index in [1.54, 1.807) is 0 Å². The fraction of sp³-hybridized carbons (Fsp3) is 1.00. The van der Waals surface area contributed by atoms with Crippen LogP contribution in [0.2, 0.25) is 0 Å². The van der Waals surface area contributed by atoms with Gasteiger partial charge in [0.05, 0.1) is 0 Å². The van der Waals surface area contributed by atoms with E-state index in [1.807, 2.05) is 0 Å². The summed E-state index contributed by atoms with van der Waals surface area (Å²) >= 11 is 0. The van der Waals surface area contributed by atoms with Crippen molar-refractivity contribution in [1.29, 1.82) is 0 Å². The Morgan fingerprint density at radius 3 is 2.93 bits per heavy atom. The smallest absolute Gasteiger partial charge is 0.0226 e. The standard InChI is InChI=1S/C11H23N3/c1-13-4-2-5-14-6-3-10(8-12)7-11(14)9-13/h10-11H,2-9,12H2,1H3. The van der Waals surface area contributed by atoms with Crippen LogP contribution in [0.3, 0.4) is 0 Å². The maximum Gasteiger partial charge on any atom is 0.0226 e. The fourth-order valence-electron chi connectivity index (χ4n) is 2.88. The summed E-state index contributed by atoms with van der Waals surface area (Å²) in [5.74, 6) is 0.780. The molecule has 0 bridgehead atoms. The molecule has 0 aliphatic carbocycles. The largest absolute Gasteiger partial charge is 0.330 e. The van der Waals surface area contributed by atoms with E-state index in [4.69, 9.17) is 5.73 Å². The van der Waals surface area contributed by atoms with Gasteiger partial charge in [-0.05, 0) is 58.4 Å². The van der Waals surface area contributed by atoms with Crippen molar-refractivity contribution in [2.24, 2.45) is 11.7 Å². The van der Waals surface area contributed by atoms with Gasteiger partial charge in [0.15, 0.2) is 0 Å². The van der Waals surface area contributed by atoms with Gasteiger partial charge in [-0.2, -0.15) is 0 Å². The summed E-state index contributed by atoms with van der Waals surface area (Å²) in [6, 6.07) is 0.782. The molecule has 82 valence electrons. The lowest BCUT2D eigenvalue weighted by atomic mass is 9.91. The first-order valence-corrected chi connectivity index (χ1v) is 5.92. The van der Waals surface area contributed by atoms with Crippen LogP contribution in [0.15, 0.2) is 0 Å². The zero-order valence-electron chi connectivity index (χ0n) is 9.28. The van der Waals surface area contributed by atoms with Crippen molar-refractivity contribution in [3.8, 4) is 0 Å². The Balaban J connectivity index is 1.95. The average molecular weight is 197 g/mol. The Hall–Kier alpha value is -0.120. The van der Waals surface area contributed by atoms with Gasteiger partial charge in [0.2, 0.25) is 0 Å². The van der Waals surface area contributed by atoms with E-state index < -0.39 is 0 Å². The van der Waals surface area contributed by atoms with Crippen molar-refractivity contribution in [2.75, 3.05) is 39.8 Å². The molecule has 2 saturated heterocycles. The molecule has 0 aromatic heterocycles. The maximum absolute atomic E-state index is 5.77. The van der Waals surface area contributed by atoms with Gasteiger partial charge in [-0.3, -0.25) is 4.90 Å². The number of hydrogen-bond donors (Lipinski definition) is 1. The van der Waals surface area contributed by atoms with E-state index in [2.05, 4.69) is 16.8 Å². The third kappa shape index (κ3) is 2.27. The van der Waals surface area contributed by atoms with Gasteiger partial charge < -0.3 is 10.6 Å². The summed E-state index contributed by atoms with van der Waals surface area (Å²) in [7, 11) is 2.25. The third-order valence-corrected chi connectivity index (χ3v) is 3.79. The third-order valence-electron chi connectivity index (χ3n) is 3.79. The monoisotopic (exact) mass is 197 g/mol. The molecule has 2 atom stereocenters. The van der Waals surface area contributed by atoms with Gasteiger partial charge in [-0.15, -0.1) is 0 Å². The van der Waals surface area contributed by atoms with E-state index in [0.29, 0.717) is 0 Å². The van der Waals surface area contributed by atoms with Crippen LogP contribution >= 0.6 is 0 Å². The van der Waals surface area contributed by atoms with Crippen LogP contribution in [0.4, 0.5) is 0 Å². The number of nitrogens with zero attached hydrogens (tertiary/aromatic N) is 2. The lowest BCUT2D eigenvalue weighted by Gasteiger charge is -2.38. The second kappa shape index (κ2) is 4.60. The highest BCUT2D eigenvalue weighted by atomic mass is 15.2. The van der Waals surface area contributed by atoms with Crippen LogP contribution in [-0.2, 0) is 0 Å². The zero-order chi connectivity index (χ0) is 9.97. The van der Waals surface area contributed by atoms with E-state index in [9.17, 15) is 0 Å². The number of rotatable bonds is 1. The molecule has 14 heavy (non-hydrogen) atoms. The molecule has 0 saturated carbocycles. The molecule has 0 amide bonds. The van der Waals surface area contributed by atoms with E-state index >= 15 is 0 Å². The Morgan fingerprint density at radius 2 is 2.14 bits per heavy atom.